The molecule has 7 heteroatoms. The molecule has 1 amide bonds. The molecule has 7 nitrogen and oxygen atoms in total. The van der Waals surface area contributed by atoms with Crippen LogP contribution in [-0.4, -0.2) is 37.7 Å². The number of ether oxygens (including phenoxy) is 3. The van der Waals surface area contributed by atoms with Gasteiger partial charge in [0.2, 0.25) is 0 Å². The van der Waals surface area contributed by atoms with Crippen LogP contribution in [0.4, 0.5) is 5.69 Å². The summed E-state index contributed by atoms with van der Waals surface area (Å²) in [4.78, 5) is 36.6. The fraction of sp³-hybridized carbons (Fsp3) is 0.348. The Morgan fingerprint density at radius 1 is 0.800 bits per heavy atom. The van der Waals surface area contributed by atoms with Gasteiger partial charge in [0.15, 0.2) is 6.61 Å². The van der Waals surface area contributed by atoms with Crippen molar-refractivity contribution >= 4 is 23.5 Å². The summed E-state index contributed by atoms with van der Waals surface area (Å²) in [7, 11) is 0. The van der Waals surface area contributed by atoms with Gasteiger partial charge in [-0.25, -0.2) is 9.59 Å². The zero-order valence-electron chi connectivity index (χ0n) is 18.0. The molecule has 2 aromatic rings. The summed E-state index contributed by atoms with van der Waals surface area (Å²) in [6.45, 7) is 9.30. The Morgan fingerprint density at radius 3 is 1.77 bits per heavy atom. The molecule has 0 saturated carbocycles. The summed E-state index contributed by atoms with van der Waals surface area (Å²) in [6, 6.07) is 8.20. The Bertz CT molecular complexity index is 891. The van der Waals surface area contributed by atoms with Crippen molar-refractivity contribution < 1.29 is 28.6 Å². The molecule has 0 spiro atoms. The summed E-state index contributed by atoms with van der Waals surface area (Å²) in [5.74, 6) is -1.35. The number of hydrogen-bond donors (Lipinski definition) is 1. The third-order valence-corrected chi connectivity index (χ3v) is 4.24. The van der Waals surface area contributed by atoms with Crippen molar-refractivity contribution in [1.29, 1.82) is 0 Å². The number of nitrogens with one attached hydrogen (secondary N) is 1. The number of amides is 1. The van der Waals surface area contributed by atoms with E-state index in [1.54, 1.807) is 13.8 Å². The van der Waals surface area contributed by atoms with Crippen molar-refractivity contribution in [3.05, 3.63) is 58.1 Å². The zero-order chi connectivity index (χ0) is 22.3. The molecular weight excluding hydrogens is 386 g/mol. The number of anilines is 1. The van der Waals surface area contributed by atoms with Crippen molar-refractivity contribution in [2.45, 2.75) is 34.6 Å². The van der Waals surface area contributed by atoms with Crippen LogP contribution in [0.5, 0.6) is 5.75 Å². The summed E-state index contributed by atoms with van der Waals surface area (Å²) < 4.78 is 15.5. The highest BCUT2D eigenvalue weighted by atomic mass is 16.5. The Balaban J connectivity index is 2.17. The lowest BCUT2D eigenvalue weighted by molar-refractivity contribution is -0.118. The number of hydrogen-bond acceptors (Lipinski definition) is 6. The van der Waals surface area contributed by atoms with E-state index in [0.29, 0.717) is 0 Å². The molecule has 0 unspecified atom stereocenters. The van der Waals surface area contributed by atoms with E-state index in [9.17, 15) is 14.4 Å². The Labute approximate surface area is 176 Å². The quantitative estimate of drug-likeness (QED) is 0.658. The topological polar surface area (TPSA) is 90.9 Å². The minimum Gasteiger partial charge on any atom is -0.484 e. The Kier molecular flexibility index (Phi) is 7.98. The summed E-state index contributed by atoms with van der Waals surface area (Å²) in [5.41, 5.74) is 4.04. The minimum atomic E-state index is -0.594. The van der Waals surface area contributed by atoms with Crippen molar-refractivity contribution in [3.8, 4) is 5.75 Å². The van der Waals surface area contributed by atoms with Crippen LogP contribution in [0.15, 0.2) is 30.3 Å². The van der Waals surface area contributed by atoms with Gasteiger partial charge >= 0.3 is 11.9 Å². The molecule has 0 aromatic heterocycles. The molecule has 0 heterocycles. The van der Waals surface area contributed by atoms with Gasteiger partial charge in [-0.05, 0) is 63.9 Å². The van der Waals surface area contributed by atoms with E-state index in [1.165, 1.54) is 18.2 Å². The van der Waals surface area contributed by atoms with Crippen LogP contribution in [0.2, 0.25) is 0 Å². The Hall–Kier alpha value is -3.35. The van der Waals surface area contributed by atoms with Gasteiger partial charge in [0, 0.05) is 5.69 Å². The maximum atomic E-state index is 12.4. The first-order chi connectivity index (χ1) is 14.2. The van der Waals surface area contributed by atoms with E-state index in [2.05, 4.69) is 5.32 Å². The van der Waals surface area contributed by atoms with Gasteiger partial charge in [0.1, 0.15) is 5.75 Å². The van der Waals surface area contributed by atoms with E-state index in [0.717, 1.165) is 22.4 Å². The predicted molar refractivity (Wildman–Crippen MR) is 113 cm³/mol. The molecular formula is C23H27NO6. The number of carbonyl (C=O) groups is 3. The maximum absolute atomic E-state index is 12.4. The highest BCUT2D eigenvalue weighted by Crippen LogP contribution is 2.23. The lowest BCUT2D eigenvalue weighted by atomic mass is 10.1. The van der Waals surface area contributed by atoms with Crippen molar-refractivity contribution in [2.24, 2.45) is 0 Å². The van der Waals surface area contributed by atoms with E-state index in [1.807, 2.05) is 32.9 Å². The van der Waals surface area contributed by atoms with Gasteiger partial charge < -0.3 is 19.5 Å². The molecule has 30 heavy (non-hydrogen) atoms. The van der Waals surface area contributed by atoms with Gasteiger partial charge in [-0.3, -0.25) is 4.79 Å². The third-order valence-electron chi connectivity index (χ3n) is 4.24. The van der Waals surface area contributed by atoms with Gasteiger partial charge in [0.05, 0.1) is 24.3 Å². The van der Waals surface area contributed by atoms with E-state index < -0.39 is 11.9 Å². The monoisotopic (exact) mass is 413 g/mol. The van der Waals surface area contributed by atoms with Crippen molar-refractivity contribution in [2.75, 3.05) is 25.1 Å². The van der Waals surface area contributed by atoms with Crippen LogP contribution in [-0.2, 0) is 14.3 Å². The van der Waals surface area contributed by atoms with E-state index in [4.69, 9.17) is 14.2 Å². The van der Waals surface area contributed by atoms with Crippen molar-refractivity contribution in [1.82, 2.24) is 0 Å². The number of carbonyl (C=O) groups excluding carboxylic acids is 3. The average molecular weight is 413 g/mol. The molecule has 0 fully saturated rings. The van der Waals surface area contributed by atoms with Gasteiger partial charge in [-0.2, -0.15) is 0 Å². The second-order valence-electron chi connectivity index (χ2n) is 6.80. The fourth-order valence-corrected chi connectivity index (χ4v) is 3.05. The van der Waals surface area contributed by atoms with E-state index in [-0.39, 0.29) is 42.6 Å². The second kappa shape index (κ2) is 10.4. The molecule has 2 aromatic carbocycles. The zero-order valence-corrected chi connectivity index (χ0v) is 18.0. The molecule has 0 aliphatic carbocycles. The van der Waals surface area contributed by atoms with Crippen molar-refractivity contribution in [3.63, 3.8) is 0 Å². The summed E-state index contributed by atoms with van der Waals surface area (Å²) in [5, 5.41) is 2.84. The van der Waals surface area contributed by atoms with Gasteiger partial charge in [0.25, 0.3) is 5.91 Å². The summed E-state index contributed by atoms with van der Waals surface area (Å²) >= 11 is 0. The molecule has 0 bridgehead atoms. The highest BCUT2D eigenvalue weighted by molar-refractivity contribution is 5.96. The number of rotatable bonds is 8. The standard InChI is InChI=1S/C23H27NO6/c1-6-28-22(26)17-10-18(23(27)29-7-2)12-19(11-17)30-13-20(25)24-21-15(4)8-14(3)9-16(21)5/h8-12H,6-7,13H2,1-5H3,(H,24,25). The molecule has 0 atom stereocenters. The normalized spacial score (nSPS) is 10.3. The average Bonchev–Trinajstić information content (AvgIpc) is 2.69. The first-order valence-electron chi connectivity index (χ1n) is 9.75. The molecule has 160 valence electrons. The number of benzene rings is 2. The molecule has 2 rings (SSSR count). The van der Waals surface area contributed by atoms with Crippen LogP contribution in [0.3, 0.4) is 0 Å². The lowest BCUT2D eigenvalue weighted by Crippen LogP contribution is -2.21. The third kappa shape index (κ3) is 6.07. The first kappa shape index (κ1) is 22.9. The SMILES string of the molecule is CCOC(=O)c1cc(OCC(=O)Nc2c(C)cc(C)cc2C)cc(C(=O)OCC)c1. The smallest absolute Gasteiger partial charge is 0.338 e. The Morgan fingerprint density at radius 2 is 1.30 bits per heavy atom. The van der Waals surface area contributed by atoms with Gasteiger partial charge in [-0.1, -0.05) is 17.7 Å². The second-order valence-corrected chi connectivity index (χ2v) is 6.80. The largest absolute Gasteiger partial charge is 0.484 e. The van der Waals surface area contributed by atoms with Crippen LogP contribution >= 0.6 is 0 Å². The molecule has 1 N–H and O–H groups in total. The van der Waals surface area contributed by atoms with Crippen LogP contribution in [0.25, 0.3) is 0 Å². The maximum Gasteiger partial charge on any atom is 0.338 e. The summed E-state index contributed by atoms with van der Waals surface area (Å²) in [6.07, 6.45) is 0. The van der Waals surface area contributed by atoms with E-state index >= 15 is 0 Å². The lowest BCUT2D eigenvalue weighted by Gasteiger charge is -2.14. The van der Waals surface area contributed by atoms with Crippen LogP contribution in [0.1, 0.15) is 51.3 Å². The molecule has 0 aliphatic rings. The predicted octanol–water partition coefficient (Wildman–Crippen LogP) is 3.98. The molecule has 0 radical (unpaired) electrons. The first-order valence-corrected chi connectivity index (χ1v) is 9.75. The fourth-order valence-electron chi connectivity index (χ4n) is 3.05. The van der Waals surface area contributed by atoms with Crippen LogP contribution in [0, 0.1) is 20.8 Å². The van der Waals surface area contributed by atoms with Gasteiger partial charge in [-0.15, -0.1) is 0 Å². The molecule has 0 aliphatic heterocycles. The van der Waals surface area contributed by atoms with Crippen LogP contribution < -0.4 is 10.1 Å². The molecule has 0 saturated heterocycles. The highest BCUT2D eigenvalue weighted by Gasteiger charge is 2.16. The number of esters is 2. The minimum absolute atomic E-state index is 0.142. The number of aryl methyl sites for hydroxylation is 3.